The number of halogens is 6. The summed E-state index contributed by atoms with van der Waals surface area (Å²) in [5, 5.41) is 11.7. The molecule has 2 aromatic heterocycles. The van der Waals surface area contributed by atoms with Gasteiger partial charge in [0.25, 0.3) is 11.1 Å². The number of thiazole rings is 1. The quantitative estimate of drug-likeness (QED) is 0.256. The maximum absolute atomic E-state index is 13.7. The van der Waals surface area contributed by atoms with Crippen LogP contribution in [0.1, 0.15) is 31.4 Å². The number of rotatable bonds is 7. The predicted octanol–water partition coefficient (Wildman–Crippen LogP) is 5.88. The Morgan fingerprint density at radius 3 is 2.59 bits per heavy atom. The zero-order valence-electron chi connectivity index (χ0n) is 20.3. The number of carboxylic acid groups (broad SMARTS) is 1. The summed E-state index contributed by atoms with van der Waals surface area (Å²) in [5.41, 5.74) is -1.47. The summed E-state index contributed by atoms with van der Waals surface area (Å²) in [6.07, 6.45) is -7.75. The number of ether oxygens (including phenoxy) is 3. The van der Waals surface area contributed by atoms with E-state index in [1.54, 1.807) is 0 Å². The van der Waals surface area contributed by atoms with Crippen LogP contribution in [0.2, 0.25) is 5.02 Å². The Kier molecular flexibility index (Phi) is 6.98. The topological polar surface area (TPSA) is 116 Å². The molecule has 1 aliphatic rings. The van der Waals surface area contributed by atoms with Gasteiger partial charge in [-0.25, -0.2) is 14.5 Å². The largest absolute Gasteiger partial charge is 0.586 e. The summed E-state index contributed by atoms with van der Waals surface area (Å²) in [7, 11) is 1.36. The van der Waals surface area contributed by atoms with Gasteiger partial charge in [-0.3, -0.25) is 4.79 Å². The summed E-state index contributed by atoms with van der Waals surface area (Å²) >= 11 is 6.70. The van der Waals surface area contributed by atoms with Crippen molar-refractivity contribution in [2.24, 2.45) is 0 Å². The number of fused-ring (bicyclic) bond motifs is 1. The number of aromatic nitrogens is 3. The van der Waals surface area contributed by atoms with E-state index in [1.165, 1.54) is 49.5 Å². The van der Waals surface area contributed by atoms with Gasteiger partial charge >= 0.3 is 18.4 Å². The van der Waals surface area contributed by atoms with E-state index < -0.39 is 41.7 Å². The maximum Gasteiger partial charge on any atom is 0.586 e. The van der Waals surface area contributed by atoms with E-state index in [9.17, 15) is 31.5 Å². The van der Waals surface area contributed by atoms with Crippen molar-refractivity contribution in [1.29, 1.82) is 0 Å². The van der Waals surface area contributed by atoms with Crippen LogP contribution in [0.5, 0.6) is 16.7 Å². The first-order chi connectivity index (χ1) is 19.2. The van der Waals surface area contributed by atoms with E-state index in [0.29, 0.717) is 11.3 Å². The molecule has 0 spiro atoms. The SMILES string of the molecule is CN(C(=O)c1cccc(-n2nc(C(F)(F)F)c(Cl)c2COc2ncc(C(=O)O)s2)c1)c1ccc2c(c1)OC(F)(F)O2. The van der Waals surface area contributed by atoms with Crippen LogP contribution in [0.3, 0.4) is 0 Å². The molecular weight excluding hydrogens is 603 g/mol. The normalized spacial score (nSPS) is 13.7. The van der Waals surface area contributed by atoms with Gasteiger partial charge in [-0.1, -0.05) is 29.0 Å². The van der Waals surface area contributed by atoms with Crippen molar-refractivity contribution in [3.8, 4) is 22.4 Å². The molecule has 0 aliphatic carbocycles. The molecule has 0 bridgehead atoms. The highest BCUT2D eigenvalue weighted by atomic mass is 35.5. The van der Waals surface area contributed by atoms with Crippen molar-refractivity contribution in [2.45, 2.75) is 19.1 Å². The molecule has 1 amide bonds. The minimum atomic E-state index is -4.93. The Morgan fingerprint density at radius 1 is 1.17 bits per heavy atom. The zero-order chi connectivity index (χ0) is 29.7. The molecule has 3 heterocycles. The molecule has 2 aromatic carbocycles. The number of alkyl halides is 5. The minimum absolute atomic E-state index is 0.00562. The average Bonchev–Trinajstić information content (AvgIpc) is 3.60. The fourth-order valence-electron chi connectivity index (χ4n) is 3.73. The van der Waals surface area contributed by atoms with Crippen molar-refractivity contribution in [1.82, 2.24) is 14.8 Å². The lowest BCUT2D eigenvalue weighted by atomic mass is 10.1. The molecule has 41 heavy (non-hydrogen) atoms. The Morgan fingerprint density at radius 2 is 1.90 bits per heavy atom. The Bertz CT molecular complexity index is 1670. The van der Waals surface area contributed by atoms with Crippen LogP contribution in [-0.4, -0.2) is 45.1 Å². The monoisotopic (exact) mass is 616 g/mol. The summed E-state index contributed by atoms with van der Waals surface area (Å²) in [5.74, 6) is -2.41. The van der Waals surface area contributed by atoms with Gasteiger partial charge in [0, 0.05) is 24.4 Å². The predicted molar refractivity (Wildman–Crippen MR) is 132 cm³/mol. The number of nitrogens with zero attached hydrogens (tertiary/aromatic N) is 4. The van der Waals surface area contributed by atoms with E-state index in [4.69, 9.17) is 21.4 Å². The summed E-state index contributed by atoms with van der Waals surface area (Å²) in [4.78, 5) is 29.0. The first-order valence-electron chi connectivity index (χ1n) is 11.2. The van der Waals surface area contributed by atoms with Crippen LogP contribution in [0.25, 0.3) is 5.69 Å². The number of amides is 1. The van der Waals surface area contributed by atoms with Gasteiger partial charge in [0.1, 0.15) is 17.2 Å². The number of hydrogen-bond donors (Lipinski definition) is 1. The number of anilines is 1. The lowest BCUT2D eigenvalue weighted by Gasteiger charge is -2.18. The molecule has 5 rings (SSSR count). The van der Waals surface area contributed by atoms with Gasteiger partial charge in [-0.2, -0.15) is 18.3 Å². The molecule has 4 aromatic rings. The summed E-state index contributed by atoms with van der Waals surface area (Å²) in [6.45, 7) is -0.575. The van der Waals surface area contributed by atoms with Gasteiger partial charge < -0.3 is 24.2 Å². The molecule has 0 radical (unpaired) electrons. The number of hydrogen-bond acceptors (Lipinski definition) is 8. The number of benzene rings is 2. The molecule has 1 N–H and O–H groups in total. The van der Waals surface area contributed by atoms with Crippen LogP contribution >= 0.6 is 22.9 Å². The Balaban J connectivity index is 1.45. The smallest absolute Gasteiger partial charge is 0.477 e. The van der Waals surface area contributed by atoms with E-state index in [0.717, 1.165) is 15.8 Å². The number of carbonyl (C=O) groups excluding carboxylic acids is 1. The van der Waals surface area contributed by atoms with Gasteiger partial charge in [-0.15, -0.1) is 8.78 Å². The molecule has 0 saturated heterocycles. The summed E-state index contributed by atoms with van der Waals surface area (Å²) in [6, 6.07) is 9.12. The standard InChI is InChI=1S/C24H14ClF5N4O6S/c1-33(12-5-6-15-16(8-12)40-24(29,30)39-15)20(35)11-3-2-4-13(7-11)34-14(18(25)19(32-34)23(26,27)28)10-38-22-31-9-17(41-22)21(36)37/h2-9H,10H2,1H3,(H,36,37). The summed E-state index contributed by atoms with van der Waals surface area (Å²) < 4.78 is 82.7. The van der Waals surface area contributed by atoms with Crippen LogP contribution in [0.4, 0.5) is 27.6 Å². The van der Waals surface area contributed by atoms with Crippen LogP contribution in [0.15, 0.2) is 48.7 Å². The number of carboxylic acids is 1. The highest BCUT2D eigenvalue weighted by Crippen LogP contribution is 2.43. The second-order valence-electron chi connectivity index (χ2n) is 8.32. The molecule has 0 unspecified atom stereocenters. The van der Waals surface area contributed by atoms with Gasteiger partial charge in [0.05, 0.1) is 16.9 Å². The van der Waals surface area contributed by atoms with Gasteiger partial charge in [0.15, 0.2) is 17.2 Å². The van der Waals surface area contributed by atoms with E-state index in [-0.39, 0.29) is 44.2 Å². The first kappa shape index (κ1) is 28.1. The van der Waals surface area contributed by atoms with Crippen molar-refractivity contribution in [3.05, 3.63) is 75.5 Å². The highest BCUT2D eigenvalue weighted by molar-refractivity contribution is 7.15. The van der Waals surface area contributed by atoms with Crippen LogP contribution < -0.4 is 19.1 Å². The molecule has 0 fully saturated rings. The van der Waals surface area contributed by atoms with E-state index in [2.05, 4.69) is 19.6 Å². The fourth-order valence-corrected chi connectivity index (χ4v) is 4.62. The first-order valence-corrected chi connectivity index (χ1v) is 12.4. The lowest BCUT2D eigenvalue weighted by Crippen LogP contribution is -2.26. The highest BCUT2D eigenvalue weighted by Gasteiger charge is 2.43. The van der Waals surface area contributed by atoms with E-state index >= 15 is 0 Å². The average molecular weight is 617 g/mol. The van der Waals surface area contributed by atoms with Crippen molar-refractivity contribution >= 4 is 40.5 Å². The second kappa shape index (κ2) is 10.2. The van der Waals surface area contributed by atoms with Crippen molar-refractivity contribution in [2.75, 3.05) is 11.9 Å². The third kappa shape index (κ3) is 5.60. The molecular formula is C24H14ClF5N4O6S. The van der Waals surface area contributed by atoms with Crippen molar-refractivity contribution in [3.63, 3.8) is 0 Å². The third-order valence-corrected chi connectivity index (χ3v) is 6.92. The molecule has 1 aliphatic heterocycles. The van der Waals surface area contributed by atoms with Gasteiger partial charge in [0.2, 0.25) is 0 Å². The lowest BCUT2D eigenvalue weighted by molar-refractivity contribution is -0.286. The number of carbonyl (C=O) groups is 2. The fraction of sp³-hybridized carbons (Fsp3) is 0.167. The molecule has 0 saturated carbocycles. The Labute approximate surface area is 235 Å². The Hall–Kier alpha value is -4.44. The molecule has 10 nitrogen and oxygen atoms in total. The maximum atomic E-state index is 13.7. The van der Waals surface area contributed by atoms with E-state index in [1.807, 2.05) is 0 Å². The van der Waals surface area contributed by atoms with Gasteiger partial charge in [-0.05, 0) is 30.3 Å². The second-order valence-corrected chi connectivity index (χ2v) is 9.69. The van der Waals surface area contributed by atoms with Crippen molar-refractivity contribution < 1.29 is 50.9 Å². The van der Waals surface area contributed by atoms with Crippen LogP contribution in [0, 0.1) is 0 Å². The van der Waals surface area contributed by atoms with Crippen LogP contribution in [-0.2, 0) is 12.8 Å². The molecule has 214 valence electrons. The molecule has 17 heteroatoms. The minimum Gasteiger partial charge on any atom is -0.477 e. The zero-order valence-corrected chi connectivity index (χ0v) is 21.9. The number of aromatic carboxylic acids is 1. The third-order valence-electron chi connectivity index (χ3n) is 5.63. The molecule has 0 atom stereocenters.